The van der Waals surface area contributed by atoms with Crippen molar-refractivity contribution in [3.05, 3.63) is 170 Å². The number of nitrogens with zero attached hydrogens (tertiary/aromatic N) is 4. The lowest BCUT2D eigenvalue weighted by atomic mass is 10.0. The van der Waals surface area contributed by atoms with E-state index < -0.39 is 0 Å². The van der Waals surface area contributed by atoms with E-state index in [1.54, 1.807) is 0 Å². The summed E-state index contributed by atoms with van der Waals surface area (Å²) < 4.78 is 8.97. The first-order chi connectivity index (χ1) is 24.8. The number of furan rings is 1. The average molecular weight is 641 g/mol. The molecule has 7 aromatic carbocycles. The predicted molar refractivity (Wildman–Crippen MR) is 203 cm³/mol. The third kappa shape index (κ3) is 4.52. The normalized spacial score (nSPS) is 11.6. The van der Waals surface area contributed by atoms with Gasteiger partial charge in [-0.2, -0.15) is 0 Å². The Morgan fingerprint density at radius 3 is 1.80 bits per heavy atom. The van der Waals surface area contributed by atoms with Crippen molar-refractivity contribution in [1.82, 2.24) is 19.5 Å². The molecule has 0 saturated heterocycles. The number of hydrogen-bond donors (Lipinski definition) is 0. The quantitative estimate of drug-likeness (QED) is 0.188. The number of rotatable bonds is 5. The van der Waals surface area contributed by atoms with Crippen LogP contribution in [0.4, 0.5) is 0 Å². The van der Waals surface area contributed by atoms with E-state index >= 15 is 0 Å². The number of fused-ring (bicyclic) bond motifs is 7. The van der Waals surface area contributed by atoms with Crippen molar-refractivity contribution >= 4 is 43.7 Å². The molecule has 234 valence electrons. The van der Waals surface area contributed by atoms with Crippen LogP contribution in [0.25, 0.3) is 94.7 Å². The summed E-state index contributed by atoms with van der Waals surface area (Å²) in [6.07, 6.45) is 0. The molecule has 10 rings (SSSR count). The van der Waals surface area contributed by atoms with Gasteiger partial charge < -0.3 is 8.98 Å². The Bertz CT molecular complexity index is 2860. The number of para-hydroxylation sites is 2. The first kappa shape index (κ1) is 28.2. The third-order valence-electron chi connectivity index (χ3n) is 9.45. The van der Waals surface area contributed by atoms with Crippen molar-refractivity contribution < 1.29 is 4.42 Å². The Morgan fingerprint density at radius 1 is 0.400 bits per heavy atom. The van der Waals surface area contributed by atoms with E-state index in [2.05, 4.69) is 126 Å². The molecule has 0 N–H and O–H groups in total. The molecule has 0 amide bonds. The van der Waals surface area contributed by atoms with Gasteiger partial charge in [0.15, 0.2) is 17.5 Å². The van der Waals surface area contributed by atoms with Gasteiger partial charge >= 0.3 is 0 Å². The van der Waals surface area contributed by atoms with Crippen LogP contribution in [-0.2, 0) is 0 Å². The monoisotopic (exact) mass is 640 g/mol. The lowest BCUT2D eigenvalue weighted by molar-refractivity contribution is 0.669. The fraction of sp³-hybridized carbons (Fsp3) is 0. The molecule has 3 aromatic heterocycles. The maximum absolute atomic E-state index is 6.62. The van der Waals surface area contributed by atoms with Gasteiger partial charge in [-0.25, -0.2) is 15.0 Å². The number of benzene rings is 7. The van der Waals surface area contributed by atoms with Gasteiger partial charge in [-0.05, 0) is 53.6 Å². The van der Waals surface area contributed by atoms with Crippen LogP contribution in [0.3, 0.4) is 0 Å². The van der Waals surface area contributed by atoms with Crippen molar-refractivity contribution in [3.8, 4) is 51.0 Å². The fourth-order valence-electron chi connectivity index (χ4n) is 7.20. The predicted octanol–water partition coefficient (Wildman–Crippen LogP) is 11.5. The second-order valence-corrected chi connectivity index (χ2v) is 12.4. The zero-order valence-corrected chi connectivity index (χ0v) is 26.9. The Morgan fingerprint density at radius 2 is 1.00 bits per heavy atom. The molecular formula is C45H28N4O. The summed E-state index contributed by atoms with van der Waals surface area (Å²) in [5, 5.41) is 4.35. The van der Waals surface area contributed by atoms with Gasteiger partial charge in [0.25, 0.3) is 0 Å². The topological polar surface area (TPSA) is 56.7 Å². The summed E-state index contributed by atoms with van der Waals surface area (Å²) >= 11 is 0. The van der Waals surface area contributed by atoms with Gasteiger partial charge in [-0.1, -0.05) is 127 Å². The van der Waals surface area contributed by atoms with E-state index in [1.807, 2.05) is 48.5 Å². The Kier molecular flexibility index (Phi) is 6.42. The highest BCUT2D eigenvalue weighted by Crippen LogP contribution is 2.43. The van der Waals surface area contributed by atoms with Gasteiger partial charge in [-0.15, -0.1) is 0 Å². The van der Waals surface area contributed by atoms with Crippen molar-refractivity contribution in [3.63, 3.8) is 0 Å². The SMILES string of the molecule is c1ccc(-c2cccc(-c3nc(-c4ccccc4)nc(-c4cccc5oc6ccc7c8ccccc8n(-c8ccccc8)c7c6c45)n3)c2)cc1. The van der Waals surface area contributed by atoms with Crippen molar-refractivity contribution in [2.24, 2.45) is 0 Å². The first-order valence-electron chi connectivity index (χ1n) is 16.7. The van der Waals surface area contributed by atoms with Gasteiger partial charge in [0.05, 0.1) is 16.4 Å². The molecule has 0 saturated carbocycles. The molecule has 0 atom stereocenters. The molecule has 0 unspecified atom stereocenters. The molecule has 0 aliphatic carbocycles. The minimum Gasteiger partial charge on any atom is -0.456 e. The van der Waals surface area contributed by atoms with Crippen LogP contribution < -0.4 is 0 Å². The Balaban J connectivity index is 1.28. The maximum atomic E-state index is 6.62. The number of aromatic nitrogens is 4. The third-order valence-corrected chi connectivity index (χ3v) is 9.45. The summed E-state index contributed by atoms with van der Waals surface area (Å²) in [5.41, 5.74) is 9.88. The molecule has 50 heavy (non-hydrogen) atoms. The molecule has 0 aliphatic heterocycles. The standard InChI is InChI=1S/C45H28N4O/c1-4-14-29(15-5-1)31-18-12-19-32(28-31)44-46-43(30-16-6-2-7-17-30)47-45(48-44)36-23-13-25-38-40(36)41-39(50-38)27-26-35-34-22-10-11-24-37(34)49(42(35)41)33-20-8-3-9-21-33/h1-28H. The number of hydrogen-bond acceptors (Lipinski definition) is 4. The van der Waals surface area contributed by atoms with Crippen LogP contribution in [0.15, 0.2) is 174 Å². The molecular weight excluding hydrogens is 613 g/mol. The van der Waals surface area contributed by atoms with Crippen LogP contribution in [0.1, 0.15) is 0 Å². The lowest BCUT2D eigenvalue weighted by Gasteiger charge is -2.11. The summed E-state index contributed by atoms with van der Waals surface area (Å²) in [5.74, 6) is 1.82. The van der Waals surface area contributed by atoms with Crippen molar-refractivity contribution in [2.75, 3.05) is 0 Å². The Labute approximate surface area is 287 Å². The molecule has 3 heterocycles. The van der Waals surface area contributed by atoms with Crippen LogP contribution >= 0.6 is 0 Å². The molecule has 10 aromatic rings. The zero-order chi connectivity index (χ0) is 33.0. The lowest BCUT2D eigenvalue weighted by Crippen LogP contribution is -2.00. The van der Waals surface area contributed by atoms with E-state index in [9.17, 15) is 0 Å². The maximum Gasteiger partial charge on any atom is 0.164 e. The highest BCUT2D eigenvalue weighted by Gasteiger charge is 2.23. The van der Waals surface area contributed by atoms with Crippen molar-refractivity contribution in [2.45, 2.75) is 0 Å². The molecule has 0 fully saturated rings. The molecule has 0 radical (unpaired) electrons. The van der Waals surface area contributed by atoms with Gasteiger partial charge in [0.1, 0.15) is 11.2 Å². The zero-order valence-electron chi connectivity index (χ0n) is 26.9. The van der Waals surface area contributed by atoms with E-state index in [0.29, 0.717) is 17.5 Å². The highest BCUT2D eigenvalue weighted by molar-refractivity contribution is 6.26. The highest BCUT2D eigenvalue weighted by atomic mass is 16.3. The molecule has 5 nitrogen and oxygen atoms in total. The summed E-state index contributed by atoms with van der Waals surface area (Å²) in [4.78, 5) is 15.4. The largest absolute Gasteiger partial charge is 0.456 e. The molecule has 0 bridgehead atoms. The van der Waals surface area contributed by atoms with E-state index in [4.69, 9.17) is 19.4 Å². The summed E-state index contributed by atoms with van der Waals surface area (Å²) in [6, 6.07) is 58.4. The second kappa shape index (κ2) is 11.4. The van der Waals surface area contributed by atoms with E-state index in [1.165, 1.54) is 5.39 Å². The van der Waals surface area contributed by atoms with Crippen molar-refractivity contribution in [1.29, 1.82) is 0 Å². The van der Waals surface area contributed by atoms with Crippen LogP contribution in [-0.4, -0.2) is 19.5 Å². The van der Waals surface area contributed by atoms with Gasteiger partial charge in [-0.3, -0.25) is 0 Å². The second-order valence-electron chi connectivity index (χ2n) is 12.4. The van der Waals surface area contributed by atoms with Gasteiger partial charge in [0.2, 0.25) is 0 Å². The van der Waals surface area contributed by atoms with Crippen LogP contribution in [0.5, 0.6) is 0 Å². The molecule has 5 heteroatoms. The van der Waals surface area contributed by atoms with Crippen LogP contribution in [0.2, 0.25) is 0 Å². The average Bonchev–Trinajstić information content (AvgIpc) is 3.75. The minimum atomic E-state index is 0.589. The smallest absolute Gasteiger partial charge is 0.164 e. The molecule has 0 spiro atoms. The van der Waals surface area contributed by atoms with Gasteiger partial charge in [0, 0.05) is 38.5 Å². The summed E-state index contributed by atoms with van der Waals surface area (Å²) in [7, 11) is 0. The minimum absolute atomic E-state index is 0.589. The van der Waals surface area contributed by atoms with Crippen LogP contribution in [0, 0.1) is 0 Å². The molecule has 0 aliphatic rings. The van der Waals surface area contributed by atoms with E-state index in [0.717, 1.165) is 71.9 Å². The fourth-order valence-corrected chi connectivity index (χ4v) is 7.20. The van der Waals surface area contributed by atoms with E-state index in [-0.39, 0.29) is 0 Å². The first-order valence-corrected chi connectivity index (χ1v) is 16.7. The Hall–Kier alpha value is -6.85. The summed E-state index contributed by atoms with van der Waals surface area (Å²) in [6.45, 7) is 0.